The van der Waals surface area contributed by atoms with Crippen LogP contribution in [0.4, 0.5) is 8.78 Å². The first-order chi connectivity index (χ1) is 9.99. The number of aryl methyl sites for hydroxylation is 1. The highest BCUT2D eigenvalue weighted by Crippen LogP contribution is 2.27. The van der Waals surface area contributed by atoms with Crippen LogP contribution in [0.2, 0.25) is 0 Å². The van der Waals surface area contributed by atoms with E-state index in [1.165, 1.54) is 18.2 Å². The van der Waals surface area contributed by atoms with Crippen molar-refractivity contribution in [3.05, 3.63) is 58.8 Å². The largest absolute Gasteiger partial charge is 0.473 e. The van der Waals surface area contributed by atoms with Crippen molar-refractivity contribution in [3.8, 4) is 5.88 Å². The maximum absolute atomic E-state index is 13.0. The molecular weight excluding hydrogens is 300 g/mol. The fraction of sp³-hybridized carbons (Fsp3) is 0.200. The number of nitrogens with zero attached hydrogens (tertiary/aromatic N) is 1. The molecule has 0 amide bonds. The van der Waals surface area contributed by atoms with Crippen LogP contribution in [0.5, 0.6) is 5.88 Å². The maximum Gasteiger partial charge on any atom is 0.264 e. The first-order valence-electron chi connectivity index (χ1n) is 6.15. The van der Waals surface area contributed by atoms with Crippen molar-refractivity contribution in [2.24, 2.45) is 0 Å². The Labute approximate surface area is 125 Å². The van der Waals surface area contributed by atoms with Gasteiger partial charge in [0.15, 0.2) is 0 Å². The Bertz CT molecular complexity index is 662. The van der Waals surface area contributed by atoms with Gasteiger partial charge in [-0.3, -0.25) is 4.79 Å². The van der Waals surface area contributed by atoms with Crippen LogP contribution < -0.4 is 4.74 Å². The van der Waals surface area contributed by atoms with E-state index in [0.29, 0.717) is 5.88 Å². The fourth-order valence-electron chi connectivity index (χ4n) is 1.90. The third-order valence-electron chi connectivity index (χ3n) is 2.89. The number of pyridine rings is 1. The second-order valence-electron chi connectivity index (χ2n) is 4.35. The summed E-state index contributed by atoms with van der Waals surface area (Å²) < 4.78 is 31.5. The second-order valence-corrected chi connectivity index (χ2v) is 4.70. The molecule has 0 N–H and O–H groups in total. The Hall–Kier alpha value is -2.01. The van der Waals surface area contributed by atoms with Gasteiger partial charge in [0, 0.05) is 28.5 Å². The quantitative estimate of drug-likeness (QED) is 0.773. The van der Waals surface area contributed by atoms with Crippen molar-refractivity contribution in [2.45, 2.75) is 20.0 Å². The van der Waals surface area contributed by atoms with Crippen LogP contribution in [-0.2, 0) is 6.61 Å². The molecule has 0 saturated heterocycles. The summed E-state index contributed by atoms with van der Waals surface area (Å²) in [6.45, 7) is 1.58. The molecule has 0 bridgehead atoms. The van der Waals surface area contributed by atoms with E-state index >= 15 is 0 Å². The van der Waals surface area contributed by atoms with Gasteiger partial charge in [0.05, 0.1) is 0 Å². The summed E-state index contributed by atoms with van der Waals surface area (Å²) in [6.07, 6.45) is -2.72. The fourth-order valence-corrected chi connectivity index (χ4v) is 2.08. The SMILES string of the molecule is Cc1cccc(OCc2c(C(=O)Cl)cccc2C(F)F)n1. The van der Waals surface area contributed by atoms with Crippen LogP contribution in [0.25, 0.3) is 0 Å². The van der Waals surface area contributed by atoms with Gasteiger partial charge in [0.2, 0.25) is 5.88 Å². The van der Waals surface area contributed by atoms with Crippen LogP contribution in [0.15, 0.2) is 36.4 Å². The average molecular weight is 312 g/mol. The van der Waals surface area contributed by atoms with Crippen LogP contribution >= 0.6 is 11.6 Å². The van der Waals surface area contributed by atoms with E-state index < -0.39 is 11.7 Å². The number of ether oxygens (including phenoxy) is 1. The standard InChI is InChI=1S/C15H12ClF2NO2/c1-9-4-2-7-13(19-9)21-8-12-10(14(16)20)5-3-6-11(12)15(17)18/h2-7,15H,8H2,1H3. The molecule has 0 radical (unpaired) electrons. The zero-order valence-corrected chi connectivity index (χ0v) is 11.9. The average Bonchev–Trinajstić information content (AvgIpc) is 2.44. The molecule has 2 rings (SSSR count). The number of carbonyl (C=O) groups is 1. The first-order valence-corrected chi connectivity index (χ1v) is 6.53. The molecule has 0 saturated carbocycles. The summed E-state index contributed by atoms with van der Waals surface area (Å²) in [5.41, 5.74) is 0.565. The Morgan fingerprint density at radius 3 is 2.62 bits per heavy atom. The molecular formula is C15H12ClF2NO2. The van der Waals surface area contributed by atoms with Gasteiger partial charge in [-0.2, -0.15) is 0 Å². The van der Waals surface area contributed by atoms with Crippen LogP contribution in [0.3, 0.4) is 0 Å². The number of halogens is 3. The molecule has 110 valence electrons. The molecule has 1 heterocycles. The summed E-state index contributed by atoms with van der Waals surface area (Å²) in [5, 5.41) is -0.798. The lowest BCUT2D eigenvalue weighted by Crippen LogP contribution is -2.08. The van der Waals surface area contributed by atoms with Crippen LogP contribution in [-0.4, -0.2) is 10.2 Å². The van der Waals surface area contributed by atoms with Gasteiger partial charge in [0.25, 0.3) is 11.7 Å². The lowest BCUT2D eigenvalue weighted by molar-refractivity contribution is 0.107. The maximum atomic E-state index is 13.0. The minimum Gasteiger partial charge on any atom is -0.473 e. The van der Waals surface area contributed by atoms with Gasteiger partial charge < -0.3 is 4.74 Å². The number of hydrogen-bond donors (Lipinski definition) is 0. The topological polar surface area (TPSA) is 39.2 Å². The molecule has 0 aliphatic rings. The lowest BCUT2D eigenvalue weighted by atomic mass is 10.0. The van der Waals surface area contributed by atoms with E-state index in [1.807, 2.05) is 0 Å². The molecule has 2 aromatic rings. The van der Waals surface area contributed by atoms with E-state index in [0.717, 1.165) is 5.69 Å². The number of carbonyl (C=O) groups excluding carboxylic acids is 1. The predicted octanol–water partition coefficient (Wildman–Crippen LogP) is 4.29. The minimum atomic E-state index is -2.72. The normalized spacial score (nSPS) is 10.7. The van der Waals surface area contributed by atoms with Crippen molar-refractivity contribution >= 4 is 16.8 Å². The summed E-state index contributed by atoms with van der Waals surface area (Å²) in [4.78, 5) is 15.5. The predicted molar refractivity (Wildman–Crippen MR) is 74.9 cm³/mol. The van der Waals surface area contributed by atoms with E-state index in [9.17, 15) is 13.6 Å². The smallest absolute Gasteiger partial charge is 0.264 e. The van der Waals surface area contributed by atoms with Crippen molar-refractivity contribution in [1.82, 2.24) is 4.98 Å². The number of benzene rings is 1. The summed E-state index contributed by atoms with van der Waals surface area (Å²) >= 11 is 5.44. The monoisotopic (exact) mass is 311 g/mol. The summed E-state index contributed by atoms with van der Waals surface area (Å²) in [5.74, 6) is 0.298. The highest BCUT2D eigenvalue weighted by Gasteiger charge is 2.19. The molecule has 0 aliphatic heterocycles. The van der Waals surface area contributed by atoms with Crippen molar-refractivity contribution in [3.63, 3.8) is 0 Å². The highest BCUT2D eigenvalue weighted by molar-refractivity contribution is 6.67. The Morgan fingerprint density at radius 2 is 2.00 bits per heavy atom. The second kappa shape index (κ2) is 6.63. The van der Waals surface area contributed by atoms with Crippen LogP contribution in [0, 0.1) is 6.92 Å². The van der Waals surface area contributed by atoms with Gasteiger partial charge in [-0.1, -0.05) is 18.2 Å². The molecule has 0 aliphatic carbocycles. The van der Waals surface area contributed by atoms with E-state index in [1.54, 1.807) is 25.1 Å². The third-order valence-corrected chi connectivity index (χ3v) is 3.09. The van der Waals surface area contributed by atoms with Gasteiger partial charge in [-0.05, 0) is 30.7 Å². The molecule has 3 nitrogen and oxygen atoms in total. The van der Waals surface area contributed by atoms with Gasteiger partial charge in [0.1, 0.15) is 6.61 Å². The van der Waals surface area contributed by atoms with E-state index in [4.69, 9.17) is 16.3 Å². The number of aromatic nitrogens is 1. The molecule has 6 heteroatoms. The molecule has 0 unspecified atom stereocenters. The van der Waals surface area contributed by atoms with Gasteiger partial charge in [-0.15, -0.1) is 0 Å². The van der Waals surface area contributed by atoms with E-state index in [-0.39, 0.29) is 23.3 Å². The molecule has 0 fully saturated rings. The van der Waals surface area contributed by atoms with Crippen molar-refractivity contribution in [1.29, 1.82) is 0 Å². The van der Waals surface area contributed by atoms with Crippen molar-refractivity contribution in [2.75, 3.05) is 0 Å². The molecule has 21 heavy (non-hydrogen) atoms. The molecule has 0 spiro atoms. The number of rotatable bonds is 5. The summed E-state index contributed by atoms with van der Waals surface area (Å²) in [7, 11) is 0. The third kappa shape index (κ3) is 3.76. The zero-order chi connectivity index (χ0) is 15.4. The Kier molecular flexibility index (Phi) is 4.85. The minimum absolute atomic E-state index is 0.0159. The zero-order valence-electron chi connectivity index (χ0n) is 11.1. The molecule has 1 aromatic carbocycles. The molecule has 0 atom stereocenters. The Morgan fingerprint density at radius 1 is 1.29 bits per heavy atom. The van der Waals surface area contributed by atoms with Gasteiger partial charge >= 0.3 is 0 Å². The van der Waals surface area contributed by atoms with Crippen LogP contribution in [0.1, 0.15) is 33.6 Å². The molecule has 1 aromatic heterocycles. The Balaban J connectivity index is 2.31. The van der Waals surface area contributed by atoms with Crippen molar-refractivity contribution < 1.29 is 18.3 Å². The number of hydrogen-bond acceptors (Lipinski definition) is 3. The highest BCUT2D eigenvalue weighted by atomic mass is 35.5. The van der Waals surface area contributed by atoms with Gasteiger partial charge in [-0.25, -0.2) is 13.8 Å². The number of alkyl halides is 2. The first kappa shape index (κ1) is 15.4. The van der Waals surface area contributed by atoms with E-state index in [2.05, 4.69) is 4.98 Å². The lowest BCUT2D eigenvalue weighted by Gasteiger charge is -2.13. The summed E-state index contributed by atoms with van der Waals surface area (Å²) in [6, 6.07) is 9.14.